The molecule has 1 rings (SSSR count). The predicted molar refractivity (Wildman–Crippen MR) is 75.0 cm³/mol. The third-order valence-electron chi connectivity index (χ3n) is 3.93. The molecule has 0 saturated carbocycles. The Hall–Kier alpha value is -0.810. The lowest BCUT2D eigenvalue weighted by Crippen LogP contribution is -2.56. The molecule has 0 bridgehead atoms. The molecule has 1 saturated heterocycles. The molecule has 0 aromatic heterocycles. The van der Waals surface area contributed by atoms with Crippen molar-refractivity contribution >= 4 is 6.16 Å². The molecule has 5 heteroatoms. The fraction of sp³-hybridized carbons (Fsp3) is 0.933. The van der Waals surface area contributed by atoms with Crippen LogP contribution in [-0.4, -0.2) is 24.2 Å². The predicted octanol–water partition coefficient (Wildman–Crippen LogP) is 4.20. The van der Waals surface area contributed by atoms with Crippen molar-refractivity contribution in [3.05, 3.63) is 0 Å². The molecule has 0 radical (unpaired) electrons. The summed E-state index contributed by atoms with van der Waals surface area (Å²) in [5.41, 5.74) is -1.19. The van der Waals surface area contributed by atoms with Crippen molar-refractivity contribution in [2.75, 3.05) is 6.61 Å². The minimum absolute atomic E-state index is 0.284. The zero-order chi connectivity index (χ0) is 15.4. The lowest BCUT2D eigenvalue weighted by Gasteiger charge is -2.44. The van der Waals surface area contributed by atoms with Gasteiger partial charge in [-0.1, -0.05) is 40.5 Å². The van der Waals surface area contributed by atoms with Crippen LogP contribution in [0.5, 0.6) is 0 Å². The summed E-state index contributed by atoms with van der Waals surface area (Å²) in [6, 6.07) is 0. The summed E-state index contributed by atoms with van der Waals surface area (Å²) in [4.78, 5) is 22.2. The quantitative estimate of drug-likeness (QED) is 0.304. The number of ether oxygens (including phenoxy) is 2. The number of hydrogen-bond acceptors (Lipinski definition) is 5. The Morgan fingerprint density at radius 2 is 1.75 bits per heavy atom. The van der Waals surface area contributed by atoms with Gasteiger partial charge in [0.2, 0.25) is 0 Å². The molecule has 0 spiro atoms. The van der Waals surface area contributed by atoms with E-state index < -0.39 is 17.5 Å². The van der Waals surface area contributed by atoms with Crippen molar-refractivity contribution in [2.24, 2.45) is 5.41 Å². The molecule has 20 heavy (non-hydrogen) atoms. The average molecular weight is 288 g/mol. The first kappa shape index (κ1) is 17.2. The highest BCUT2D eigenvalue weighted by Crippen LogP contribution is 2.54. The summed E-state index contributed by atoms with van der Waals surface area (Å²) < 4.78 is 10.7. The third kappa shape index (κ3) is 3.44. The fourth-order valence-corrected chi connectivity index (χ4v) is 2.69. The van der Waals surface area contributed by atoms with Gasteiger partial charge in [0.05, 0.1) is 6.61 Å². The van der Waals surface area contributed by atoms with E-state index in [1.165, 1.54) is 0 Å². The second kappa shape index (κ2) is 6.31. The highest BCUT2D eigenvalue weighted by atomic mass is 17.4. The van der Waals surface area contributed by atoms with E-state index in [4.69, 9.17) is 19.2 Å². The first-order valence-corrected chi connectivity index (χ1v) is 7.45. The zero-order valence-electron chi connectivity index (χ0n) is 13.6. The smallest absolute Gasteiger partial charge is 0.435 e. The molecule has 0 N–H and O–H groups in total. The Labute approximate surface area is 121 Å². The van der Waals surface area contributed by atoms with Crippen LogP contribution in [0.1, 0.15) is 67.2 Å². The Kier molecular flexibility index (Phi) is 5.44. The lowest BCUT2D eigenvalue weighted by molar-refractivity contribution is -0.146. The zero-order valence-corrected chi connectivity index (χ0v) is 13.6. The Morgan fingerprint density at radius 3 is 2.15 bits per heavy atom. The number of carbonyl (C=O) groups is 1. The molecule has 0 aromatic carbocycles. The van der Waals surface area contributed by atoms with Crippen LogP contribution < -0.4 is 0 Å². The van der Waals surface area contributed by atoms with Crippen LogP contribution in [0.25, 0.3) is 0 Å². The molecule has 118 valence electrons. The molecule has 1 fully saturated rings. The van der Waals surface area contributed by atoms with Gasteiger partial charge in [-0.2, -0.15) is 9.78 Å². The van der Waals surface area contributed by atoms with Gasteiger partial charge in [0, 0.05) is 5.41 Å². The lowest BCUT2D eigenvalue weighted by atomic mass is 9.69. The van der Waals surface area contributed by atoms with Gasteiger partial charge in [0.25, 0.3) is 5.79 Å². The van der Waals surface area contributed by atoms with E-state index in [0.717, 1.165) is 19.3 Å². The van der Waals surface area contributed by atoms with E-state index in [2.05, 4.69) is 6.92 Å². The molecule has 1 heterocycles. The van der Waals surface area contributed by atoms with E-state index in [1.807, 2.05) is 27.7 Å². The average Bonchev–Trinajstić information content (AvgIpc) is 3.06. The highest BCUT2D eigenvalue weighted by molar-refractivity contribution is 5.61. The highest BCUT2D eigenvalue weighted by Gasteiger charge is 2.69. The summed E-state index contributed by atoms with van der Waals surface area (Å²) in [5.74, 6) is -0.897. The second-order valence-electron chi connectivity index (χ2n) is 6.43. The first-order valence-electron chi connectivity index (χ1n) is 7.45. The molecule has 0 aromatic rings. The van der Waals surface area contributed by atoms with Crippen LogP contribution in [0.3, 0.4) is 0 Å². The van der Waals surface area contributed by atoms with Gasteiger partial charge in [-0.05, 0) is 26.7 Å². The van der Waals surface area contributed by atoms with Gasteiger partial charge in [-0.25, -0.2) is 4.79 Å². The monoisotopic (exact) mass is 288 g/mol. The fourth-order valence-electron chi connectivity index (χ4n) is 2.69. The van der Waals surface area contributed by atoms with Crippen molar-refractivity contribution in [1.29, 1.82) is 0 Å². The van der Waals surface area contributed by atoms with Crippen LogP contribution in [0.15, 0.2) is 0 Å². The minimum atomic E-state index is -0.897. The molecule has 5 nitrogen and oxygen atoms in total. The maximum absolute atomic E-state index is 11.9. The van der Waals surface area contributed by atoms with E-state index in [1.54, 1.807) is 6.92 Å². The normalized spacial score (nSPS) is 20.1. The molecule has 0 amide bonds. The first-order chi connectivity index (χ1) is 9.22. The van der Waals surface area contributed by atoms with Crippen LogP contribution in [-0.2, 0) is 19.2 Å². The van der Waals surface area contributed by atoms with E-state index in [0.29, 0.717) is 6.42 Å². The van der Waals surface area contributed by atoms with Gasteiger partial charge >= 0.3 is 6.16 Å². The Balaban J connectivity index is 2.97. The Bertz CT molecular complexity index is 322. The number of carbonyl (C=O) groups excluding carboxylic acids is 1. The van der Waals surface area contributed by atoms with Crippen molar-refractivity contribution in [3.63, 3.8) is 0 Å². The molecule has 0 aliphatic carbocycles. The van der Waals surface area contributed by atoms with Crippen LogP contribution >= 0.6 is 0 Å². The van der Waals surface area contributed by atoms with Crippen LogP contribution in [0.4, 0.5) is 4.79 Å². The summed E-state index contributed by atoms with van der Waals surface area (Å²) in [6.07, 6.45) is 3.12. The van der Waals surface area contributed by atoms with Gasteiger partial charge in [0.15, 0.2) is 5.60 Å². The summed E-state index contributed by atoms with van der Waals surface area (Å²) in [6.45, 7) is 12.0. The van der Waals surface area contributed by atoms with Crippen molar-refractivity contribution in [2.45, 2.75) is 78.6 Å². The topological polar surface area (TPSA) is 60.6 Å². The molecule has 1 unspecified atom stereocenters. The largest absolute Gasteiger partial charge is 0.509 e. The molecule has 1 aliphatic rings. The second-order valence-corrected chi connectivity index (χ2v) is 6.43. The van der Waals surface area contributed by atoms with Crippen molar-refractivity contribution in [3.8, 4) is 0 Å². The number of unbranched alkanes of at least 4 members (excludes halogenated alkanes) is 2. The van der Waals surface area contributed by atoms with Crippen LogP contribution in [0.2, 0.25) is 0 Å². The van der Waals surface area contributed by atoms with Gasteiger partial charge in [0.1, 0.15) is 0 Å². The molecule has 1 aliphatic heterocycles. The third-order valence-corrected chi connectivity index (χ3v) is 3.93. The summed E-state index contributed by atoms with van der Waals surface area (Å²) in [5, 5.41) is 0. The molecule has 1 atom stereocenters. The van der Waals surface area contributed by atoms with Gasteiger partial charge < -0.3 is 9.47 Å². The number of rotatable bonds is 7. The standard InChI is InChI=1S/C15H28O5/c1-7-9-10-11-15(13(3,4)5,14(6)19-20-14)18-12(16)17-8-2/h7-11H2,1-6H3. The maximum Gasteiger partial charge on any atom is 0.509 e. The van der Waals surface area contributed by atoms with E-state index in [9.17, 15) is 4.79 Å². The van der Waals surface area contributed by atoms with Crippen molar-refractivity contribution < 1.29 is 24.0 Å². The summed E-state index contributed by atoms with van der Waals surface area (Å²) >= 11 is 0. The molecular formula is C15H28O5. The van der Waals surface area contributed by atoms with E-state index >= 15 is 0 Å². The maximum atomic E-state index is 11.9. The number of hydrogen-bond donors (Lipinski definition) is 0. The minimum Gasteiger partial charge on any atom is -0.435 e. The van der Waals surface area contributed by atoms with Crippen molar-refractivity contribution in [1.82, 2.24) is 0 Å². The summed E-state index contributed by atoms with van der Waals surface area (Å²) in [7, 11) is 0. The van der Waals surface area contributed by atoms with E-state index in [-0.39, 0.29) is 12.0 Å². The Morgan fingerprint density at radius 1 is 1.15 bits per heavy atom. The van der Waals surface area contributed by atoms with Gasteiger partial charge in [-0.3, -0.25) is 0 Å². The van der Waals surface area contributed by atoms with Crippen LogP contribution in [0, 0.1) is 5.41 Å². The SMILES string of the molecule is CCCCCC(OC(=O)OCC)(C(C)(C)C)C1(C)OO1. The van der Waals surface area contributed by atoms with Gasteiger partial charge in [-0.15, -0.1) is 0 Å². The molecular weight excluding hydrogens is 260 g/mol.